The summed E-state index contributed by atoms with van der Waals surface area (Å²) in [7, 11) is 1.65. The molecular formula is C20H22BrNO3. The summed E-state index contributed by atoms with van der Waals surface area (Å²) in [5.74, 6) is 0.0116. The van der Waals surface area contributed by atoms with Crippen LogP contribution in [-0.2, 0) is 4.79 Å². The first-order valence-corrected chi connectivity index (χ1v) is 9.19. The molecule has 0 aliphatic carbocycles. The van der Waals surface area contributed by atoms with Crippen molar-refractivity contribution < 1.29 is 14.6 Å². The second-order valence-corrected chi connectivity index (χ2v) is 7.30. The lowest BCUT2D eigenvalue weighted by Gasteiger charge is -2.33. The number of benzene rings is 2. The molecule has 1 aliphatic heterocycles. The maximum atomic E-state index is 11.8. The van der Waals surface area contributed by atoms with Gasteiger partial charge in [0.15, 0.2) is 0 Å². The van der Waals surface area contributed by atoms with Crippen LogP contribution in [0.3, 0.4) is 0 Å². The number of halogens is 1. The van der Waals surface area contributed by atoms with E-state index in [1.165, 1.54) is 0 Å². The molecule has 0 amide bonds. The van der Waals surface area contributed by atoms with Crippen LogP contribution in [0.1, 0.15) is 35.6 Å². The summed E-state index contributed by atoms with van der Waals surface area (Å²) >= 11 is 3.55. The van der Waals surface area contributed by atoms with Gasteiger partial charge in [-0.1, -0.05) is 40.2 Å². The van der Waals surface area contributed by atoms with Gasteiger partial charge in [0.1, 0.15) is 11.8 Å². The van der Waals surface area contributed by atoms with Gasteiger partial charge in [0.05, 0.1) is 13.2 Å². The van der Waals surface area contributed by atoms with Gasteiger partial charge < -0.3 is 9.84 Å². The average Bonchev–Trinajstić information content (AvgIpc) is 3.07. The highest BCUT2D eigenvalue weighted by Gasteiger charge is 2.38. The van der Waals surface area contributed by atoms with Crippen molar-refractivity contribution >= 4 is 21.9 Å². The number of ether oxygens (including phenoxy) is 1. The van der Waals surface area contributed by atoms with Crippen molar-refractivity contribution in [2.45, 2.75) is 31.8 Å². The lowest BCUT2D eigenvalue weighted by Crippen LogP contribution is -2.39. The summed E-state index contributed by atoms with van der Waals surface area (Å²) in [6.45, 7) is 2.82. The van der Waals surface area contributed by atoms with E-state index >= 15 is 0 Å². The average molecular weight is 404 g/mol. The first kappa shape index (κ1) is 18.0. The van der Waals surface area contributed by atoms with Crippen LogP contribution >= 0.6 is 15.9 Å². The highest BCUT2D eigenvalue weighted by atomic mass is 79.9. The van der Waals surface area contributed by atoms with Gasteiger partial charge in [0.2, 0.25) is 0 Å². The maximum Gasteiger partial charge on any atom is 0.320 e. The number of carbonyl (C=O) groups is 1. The number of carboxylic acid groups (broad SMARTS) is 1. The maximum absolute atomic E-state index is 11.8. The molecule has 2 aromatic rings. The topological polar surface area (TPSA) is 49.8 Å². The second-order valence-electron chi connectivity index (χ2n) is 6.38. The summed E-state index contributed by atoms with van der Waals surface area (Å²) in [5, 5.41) is 9.69. The normalized spacial score (nSPS) is 18.9. The van der Waals surface area contributed by atoms with Crippen LogP contribution in [0.4, 0.5) is 0 Å². The van der Waals surface area contributed by atoms with E-state index in [9.17, 15) is 9.90 Å². The van der Waals surface area contributed by atoms with Crippen molar-refractivity contribution in [3.63, 3.8) is 0 Å². The fourth-order valence-corrected chi connectivity index (χ4v) is 4.08. The van der Waals surface area contributed by atoms with Crippen LogP contribution < -0.4 is 4.74 Å². The third-order valence-corrected chi connectivity index (χ3v) is 5.37. The molecule has 3 rings (SSSR count). The van der Waals surface area contributed by atoms with E-state index in [1.54, 1.807) is 7.11 Å². The van der Waals surface area contributed by atoms with Crippen molar-refractivity contribution in [3.05, 3.63) is 63.6 Å². The van der Waals surface area contributed by atoms with Crippen molar-refractivity contribution in [1.29, 1.82) is 0 Å². The SMILES string of the molecule is COc1ccc(Br)cc1C(c1ccccc1C)N1CCCC1C(=O)O. The van der Waals surface area contributed by atoms with Crippen LogP contribution in [-0.4, -0.2) is 35.7 Å². The minimum Gasteiger partial charge on any atom is -0.496 e. The predicted octanol–water partition coefficient (Wildman–Crippen LogP) is 4.40. The molecule has 0 saturated carbocycles. The summed E-state index contributed by atoms with van der Waals surface area (Å²) in [4.78, 5) is 13.9. The van der Waals surface area contributed by atoms with E-state index in [0.29, 0.717) is 6.42 Å². The van der Waals surface area contributed by atoms with Crippen LogP contribution in [0, 0.1) is 6.92 Å². The van der Waals surface area contributed by atoms with Gasteiger partial charge in [-0.2, -0.15) is 0 Å². The molecule has 1 saturated heterocycles. The number of methoxy groups -OCH3 is 1. The Hall–Kier alpha value is -1.85. The lowest BCUT2D eigenvalue weighted by molar-refractivity contribution is -0.142. The number of aryl methyl sites for hydroxylation is 1. The molecule has 2 unspecified atom stereocenters. The van der Waals surface area contributed by atoms with E-state index < -0.39 is 12.0 Å². The van der Waals surface area contributed by atoms with Gasteiger partial charge >= 0.3 is 5.97 Å². The Kier molecular flexibility index (Phi) is 5.45. The van der Waals surface area contributed by atoms with E-state index in [-0.39, 0.29) is 6.04 Å². The molecule has 0 aromatic heterocycles. The van der Waals surface area contributed by atoms with Crippen molar-refractivity contribution in [3.8, 4) is 5.75 Å². The monoisotopic (exact) mass is 403 g/mol. The summed E-state index contributed by atoms with van der Waals surface area (Å²) in [5.41, 5.74) is 3.25. The third-order valence-electron chi connectivity index (χ3n) is 4.88. The molecule has 1 N–H and O–H groups in total. The Morgan fingerprint density at radius 1 is 1.28 bits per heavy atom. The van der Waals surface area contributed by atoms with E-state index in [2.05, 4.69) is 39.9 Å². The molecule has 2 atom stereocenters. The first-order valence-electron chi connectivity index (χ1n) is 8.40. The molecule has 0 spiro atoms. The number of aliphatic carboxylic acids is 1. The summed E-state index contributed by atoms with van der Waals surface area (Å²) < 4.78 is 6.55. The zero-order valence-corrected chi connectivity index (χ0v) is 16.0. The lowest BCUT2D eigenvalue weighted by atomic mass is 9.92. The zero-order chi connectivity index (χ0) is 18.0. The van der Waals surface area contributed by atoms with Gasteiger partial charge in [-0.3, -0.25) is 9.69 Å². The van der Waals surface area contributed by atoms with Crippen molar-refractivity contribution in [1.82, 2.24) is 4.90 Å². The van der Waals surface area contributed by atoms with Gasteiger partial charge in [-0.25, -0.2) is 0 Å². The zero-order valence-electron chi connectivity index (χ0n) is 14.4. The van der Waals surface area contributed by atoms with Crippen molar-refractivity contribution in [2.24, 2.45) is 0 Å². The molecule has 1 aliphatic rings. The largest absolute Gasteiger partial charge is 0.496 e. The molecular weight excluding hydrogens is 382 g/mol. The Labute approximate surface area is 156 Å². The highest BCUT2D eigenvalue weighted by molar-refractivity contribution is 9.10. The third kappa shape index (κ3) is 3.58. The Balaban J connectivity index is 2.18. The quantitative estimate of drug-likeness (QED) is 0.803. The molecule has 4 nitrogen and oxygen atoms in total. The van der Waals surface area contributed by atoms with Crippen molar-refractivity contribution in [2.75, 3.05) is 13.7 Å². The number of hydrogen-bond donors (Lipinski definition) is 1. The molecule has 1 heterocycles. The number of hydrogen-bond acceptors (Lipinski definition) is 3. The molecule has 5 heteroatoms. The van der Waals surface area contributed by atoms with Gasteiger partial charge in [-0.15, -0.1) is 0 Å². The standard InChI is InChI=1S/C20H22BrNO3/c1-13-6-3-4-7-15(13)19(22-11-5-8-17(22)20(23)24)16-12-14(21)9-10-18(16)25-2/h3-4,6-7,9-10,12,17,19H,5,8,11H2,1-2H3,(H,23,24). The van der Waals surface area contributed by atoms with Crippen LogP contribution in [0.25, 0.3) is 0 Å². The van der Waals surface area contributed by atoms with Gasteiger partial charge in [0.25, 0.3) is 0 Å². The highest BCUT2D eigenvalue weighted by Crippen LogP contribution is 2.41. The Morgan fingerprint density at radius 2 is 2.04 bits per heavy atom. The predicted molar refractivity (Wildman–Crippen MR) is 101 cm³/mol. The first-order chi connectivity index (χ1) is 12.0. The Morgan fingerprint density at radius 3 is 2.72 bits per heavy atom. The Bertz CT molecular complexity index is 777. The number of nitrogens with zero attached hydrogens (tertiary/aromatic N) is 1. The molecule has 25 heavy (non-hydrogen) atoms. The summed E-state index contributed by atoms with van der Waals surface area (Å²) in [6.07, 6.45) is 1.56. The molecule has 2 aromatic carbocycles. The van der Waals surface area contributed by atoms with Gasteiger partial charge in [0, 0.05) is 16.6 Å². The number of rotatable bonds is 5. The molecule has 132 valence electrons. The smallest absolute Gasteiger partial charge is 0.320 e. The second kappa shape index (κ2) is 7.58. The van der Waals surface area contributed by atoms with Crippen LogP contribution in [0.5, 0.6) is 5.75 Å². The summed E-state index contributed by atoms with van der Waals surface area (Å²) in [6, 6.07) is 13.4. The molecule has 0 radical (unpaired) electrons. The minimum atomic E-state index is -0.759. The minimum absolute atomic E-state index is 0.155. The van der Waals surface area contributed by atoms with E-state index in [0.717, 1.165) is 39.9 Å². The molecule has 1 fully saturated rings. The van der Waals surface area contributed by atoms with Crippen LogP contribution in [0.15, 0.2) is 46.9 Å². The molecule has 0 bridgehead atoms. The van der Waals surface area contributed by atoms with E-state index in [4.69, 9.17) is 4.74 Å². The van der Waals surface area contributed by atoms with E-state index in [1.807, 2.05) is 30.3 Å². The fourth-order valence-electron chi connectivity index (χ4n) is 3.70. The van der Waals surface area contributed by atoms with Gasteiger partial charge in [-0.05, 0) is 49.1 Å². The fraction of sp³-hybridized carbons (Fsp3) is 0.350. The number of carboxylic acids is 1. The number of likely N-dealkylation sites (tertiary alicyclic amines) is 1. The van der Waals surface area contributed by atoms with Crippen LogP contribution in [0.2, 0.25) is 0 Å².